The van der Waals surface area contributed by atoms with Gasteiger partial charge >= 0.3 is 26.2 Å². The van der Waals surface area contributed by atoms with Gasteiger partial charge in [-0.05, 0) is 0 Å². The maximum atomic E-state index is 3.26. The summed E-state index contributed by atoms with van der Waals surface area (Å²) in [5.74, 6) is 0. The van der Waals surface area contributed by atoms with E-state index in [-0.39, 0.29) is 51.0 Å². The molecule has 0 aliphatic heterocycles. The third kappa shape index (κ3) is 7.66. The second-order valence-electron chi connectivity index (χ2n) is 3.39. The molecule has 0 N–H and O–H groups in total. The largest absolute Gasteiger partial charge is 2.00 e. The third-order valence-electron chi connectivity index (χ3n) is 2.41. The summed E-state index contributed by atoms with van der Waals surface area (Å²) in [5, 5.41) is 0. The first-order valence-electron chi connectivity index (χ1n) is 4.67. The Balaban J connectivity index is -0.000000189. The van der Waals surface area contributed by atoms with Crippen molar-refractivity contribution in [2.24, 2.45) is 0 Å². The fourth-order valence-corrected chi connectivity index (χ4v) is 1.19. The molecule has 2 rings (SSSR count). The third-order valence-corrected chi connectivity index (χ3v) is 2.41. The van der Waals surface area contributed by atoms with Crippen LogP contribution >= 0.6 is 0 Å². The number of hydrogen-bond acceptors (Lipinski definition) is 0. The maximum absolute atomic E-state index is 3.26. The SMILES string of the molecule is CC1=[C-]CC(C)=C1C.[C-]1=CC=CC1.[Cl-].[Cl-].[Zr+2]. The molecule has 0 atom stereocenters. The minimum Gasteiger partial charge on any atom is -1.00 e. The Morgan fingerprint density at radius 1 is 1.12 bits per heavy atom. The van der Waals surface area contributed by atoms with E-state index in [4.69, 9.17) is 0 Å². The van der Waals surface area contributed by atoms with Crippen LogP contribution in [0.4, 0.5) is 0 Å². The molecule has 0 aromatic heterocycles. The summed E-state index contributed by atoms with van der Waals surface area (Å²) < 4.78 is 0. The van der Waals surface area contributed by atoms with Crippen LogP contribution in [-0.4, -0.2) is 0 Å². The van der Waals surface area contributed by atoms with Gasteiger partial charge in [-0.1, -0.05) is 13.8 Å². The van der Waals surface area contributed by atoms with Gasteiger partial charge < -0.3 is 24.8 Å². The van der Waals surface area contributed by atoms with E-state index in [1.54, 1.807) is 0 Å². The topological polar surface area (TPSA) is 0 Å². The van der Waals surface area contributed by atoms with E-state index in [1.165, 1.54) is 16.7 Å². The Morgan fingerprint density at radius 2 is 1.75 bits per heavy atom. The Morgan fingerprint density at radius 3 is 1.88 bits per heavy atom. The molecule has 2 aliphatic rings. The molecule has 0 bridgehead atoms. The molecule has 0 aromatic rings. The van der Waals surface area contributed by atoms with Crippen molar-refractivity contribution in [2.75, 3.05) is 0 Å². The van der Waals surface area contributed by atoms with Crippen LogP contribution in [0.5, 0.6) is 0 Å². The first kappa shape index (κ1) is 21.7. The molecule has 0 saturated carbocycles. The molecular weight excluding hydrogens is 318 g/mol. The molecule has 0 nitrogen and oxygen atoms in total. The predicted molar refractivity (Wildman–Crippen MR) is 57.0 cm³/mol. The van der Waals surface area contributed by atoms with Gasteiger partial charge in [-0.25, -0.2) is 17.7 Å². The van der Waals surface area contributed by atoms with Crippen molar-refractivity contribution in [3.8, 4) is 0 Å². The Bertz CT molecular complexity index is 284. The average Bonchev–Trinajstić information content (AvgIpc) is 2.75. The Labute approximate surface area is 131 Å². The summed E-state index contributed by atoms with van der Waals surface area (Å²) in [6.07, 6.45) is 14.3. The maximum Gasteiger partial charge on any atom is 2.00 e. The molecule has 88 valence electrons. The number of allylic oxidation sites excluding steroid dienone is 8. The Hall–Kier alpha value is 0.423. The van der Waals surface area contributed by atoms with Crippen LogP contribution in [0.15, 0.2) is 34.9 Å². The van der Waals surface area contributed by atoms with Crippen LogP contribution in [0.2, 0.25) is 0 Å². The van der Waals surface area contributed by atoms with E-state index in [2.05, 4.69) is 39.0 Å². The summed E-state index contributed by atoms with van der Waals surface area (Å²) in [7, 11) is 0. The molecular formula is C13H16Cl2Zr-2. The summed E-state index contributed by atoms with van der Waals surface area (Å²) >= 11 is 0. The van der Waals surface area contributed by atoms with Gasteiger partial charge in [0.1, 0.15) is 0 Å². The van der Waals surface area contributed by atoms with Gasteiger partial charge in [0.25, 0.3) is 0 Å². The van der Waals surface area contributed by atoms with E-state index in [0.29, 0.717) is 0 Å². The van der Waals surface area contributed by atoms with Crippen molar-refractivity contribution in [1.29, 1.82) is 0 Å². The molecule has 16 heavy (non-hydrogen) atoms. The average molecular weight is 334 g/mol. The molecule has 0 spiro atoms. The van der Waals surface area contributed by atoms with Crippen LogP contribution in [0, 0.1) is 12.2 Å². The fraction of sp³-hybridized carbons (Fsp3) is 0.385. The molecule has 0 fully saturated rings. The van der Waals surface area contributed by atoms with Crippen molar-refractivity contribution < 1.29 is 51.0 Å². The van der Waals surface area contributed by atoms with E-state index in [0.717, 1.165) is 12.8 Å². The molecule has 0 heterocycles. The number of rotatable bonds is 0. The quantitative estimate of drug-likeness (QED) is 0.441. The van der Waals surface area contributed by atoms with Gasteiger partial charge in [0, 0.05) is 0 Å². The van der Waals surface area contributed by atoms with Crippen molar-refractivity contribution in [1.82, 2.24) is 0 Å². The molecule has 0 radical (unpaired) electrons. The first-order chi connectivity index (χ1) is 6.22. The first-order valence-corrected chi connectivity index (χ1v) is 4.67. The number of halogens is 2. The van der Waals surface area contributed by atoms with Gasteiger partial charge in [-0.3, -0.25) is 12.2 Å². The number of hydrogen-bond donors (Lipinski definition) is 0. The van der Waals surface area contributed by atoms with Gasteiger partial charge in [0.2, 0.25) is 0 Å². The molecule has 0 amide bonds. The molecule has 0 unspecified atom stereocenters. The van der Waals surface area contributed by atoms with Crippen molar-refractivity contribution in [3.63, 3.8) is 0 Å². The monoisotopic (exact) mass is 332 g/mol. The van der Waals surface area contributed by atoms with Crippen LogP contribution in [0.25, 0.3) is 0 Å². The standard InChI is InChI=1S/C8H11.C5H5.2ClH.Zr/c1-6-4-5-7(2)8(6)3;1-2-4-5-3-1;;;/h4H2,1-3H3;1-3H,4H2;2*1H;/q2*-1;;;+2/p-2. The fourth-order valence-electron chi connectivity index (χ4n) is 1.19. The van der Waals surface area contributed by atoms with E-state index < -0.39 is 0 Å². The minimum atomic E-state index is 0. The molecule has 2 aliphatic carbocycles. The molecule has 3 heteroatoms. The summed E-state index contributed by atoms with van der Waals surface area (Å²) in [6, 6.07) is 0. The zero-order chi connectivity index (χ0) is 9.68. The zero-order valence-electron chi connectivity index (χ0n) is 9.90. The van der Waals surface area contributed by atoms with Crippen molar-refractivity contribution in [2.45, 2.75) is 33.6 Å². The molecule has 0 aromatic carbocycles. The van der Waals surface area contributed by atoms with E-state index >= 15 is 0 Å². The van der Waals surface area contributed by atoms with Gasteiger partial charge in [-0.2, -0.15) is 17.2 Å². The predicted octanol–water partition coefficient (Wildman–Crippen LogP) is -2.21. The summed E-state index contributed by atoms with van der Waals surface area (Å²) in [5.41, 5.74) is 4.25. The van der Waals surface area contributed by atoms with Crippen molar-refractivity contribution in [3.05, 3.63) is 47.1 Å². The van der Waals surface area contributed by atoms with Crippen molar-refractivity contribution >= 4 is 0 Å². The summed E-state index contributed by atoms with van der Waals surface area (Å²) in [6.45, 7) is 6.44. The van der Waals surface area contributed by atoms with Crippen LogP contribution in [-0.2, 0) is 26.2 Å². The van der Waals surface area contributed by atoms with Gasteiger partial charge in [0.05, 0.1) is 0 Å². The van der Waals surface area contributed by atoms with Crippen LogP contribution < -0.4 is 24.8 Å². The molecule has 0 saturated heterocycles. The van der Waals surface area contributed by atoms with Gasteiger partial charge in [0.15, 0.2) is 0 Å². The van der Waals surface area contributed by atoms with E-state index in [1.807, 2.05) is 12.2 Å². The smallest absolute Gasteiger partial charge is 1.00 e. The van der Waals surface area contributed by atoms with E-state index in [9.17, 15) is 0 Å². The zero-order valence-corrected chi connectivity index (χ0v) is 13.9. The minimum absolute atomic E-state index is 0. The Kier molecular flexibility index (Phi) is 16.1. The van der Waals surface area contributed by atoms with Gasteiger partial charge in [-0.15, -0.1) is 19.8 Å². The normalized spacial score (nSPS) is 15.3. The summed E-state index contributed by atoms with van der Waals surface area (Å²) in [4.78, 5) is 0. The van der Waals surface area contributed by atoms with Crippen LogP contribution in [0.1, 0.15) is 33.6 Å². The second-order valence-corrected chi connectivity index (χ2v) is 3.39. The second kappa shape index (κ2) is 11.9. The van der Waals surface area contributed by atoms with Crippen LogP contribution in [0.3, 0.4) is 0 Å².